The largest absolute Gasteiger partial charge is 0.379 e. The summed E-state index contributed by atoms with van der Waals surface area (Å²) < 4.78 is 10.3. The summed E-state index contributed by atoms with van der Waals surface area (Å²) in [6.45, 7) is 4.52. The third-order valence-electron chi connectivity index (χ3n) is 5.83. The second-order valence-corrected chi connectivity index (χ2v) is 7.64. The van der Waals surface area contributed by atoms with Gasteiger partial charge >= 0.3 is 0 Å². The SMILES string of the molecule is C1CCC(CNc2nc3nonc3nc2NC2CC2)(N2CCOCC2)C1. The molecule has 0 radical (unpaired) electrons. The average molecular weight is 359 g/mol. The predicted octanol–water partition coefficient (Wildman–Crippen LogP) is 1.64. The van der Waals surface area contributed by atoms with Gasteiger partial charge in [-0.05, 0) is 36.0 Å². The van der Waals surface area contributed by atoms with Gasteiger partial charge in [0.05, 0.1) is 13.2 Å². The molecule has 9 nitrogen and oxygen atoms in total. The van der Waals surface area contributed by atoms with E-state index >= 15 is 0 Å². The van der Waals surface area contributed by atoms with Gasteiger partial charge in [0.2, 0.25) is 11.3 Å². The van der Waals surface area contributed by atoms with E-state index in [1.54, 1.807) is 0 Å². The second-order valence-electron chi connectivity index (χ2n) is 7.64. The Hall–Kier alpha value is -2.00. The van der Waals surface area contributed by atoms with Crippen LogP contribution >= 0.6 is 0 Å². The number of fused-ring (bicyclic) bond motifs is 1. The molecule has 2 N–H and O–H groups in total. The maximum Gasteiger partial charge on any atom is 0.245 e. The highest BCUT2D eigenvalue weighted by Crippen LogP contribution is 2.37. The zero-order valence-electron chi connectivity index (χ0n) is 14.9. The van der Waals surface area contributed by atoms with Gasteiger partial charge < -0.3 is 15.4 Å². The smallest absolute Gasteiger partial charge is 0.245 e. The third kappa shape index (κ3) is 3.09. The quantitative estimate of drug-likeness (QED) is 0.797. The van der Waals surface area contributed by atoms with E-state index in [1.165, 1.54) is 38.5 Å². The molecule has 0 spiro atoms. The third-order valence-corrected chi connectivity index (χ3v) is 5.83. The van der Waals surface area contributed by atoms with Gasteiger partial charge in [0, 0.05) is 31.2 Å². The van der Waals surface area contributed by atoms with Crippen molar-refractivity contribution < 1.29 is 9.37 Å². The van der Waals surface area contributed by atoms with E-state index in [0.29, 0.717) is 17.3 Å². The first kappa shape index (κ1) is 16.2. The van der Waals surface area contributed by atoms with Gasteiger partial charge in [-0.25, -0.2) is 14.6 Å². The number of rotatable bonds is 6. The Morgan fingerprint density at radius 1 is 1.00 bits per heavy atom. The summed E-state index contributed by atoms with van der Waals surface area (Å²) in [6, 6.07) is 0.488. The van der Waals surface area contributed by atoms with Crippen molar-refractivity contribution >= 4 is 22.9 Å². The predicted molar refractivity (Wildman–Crippen MR) is 96.1 cm³/mol. The number of nitrogens with zero attached hydrogens (tertiary/aromatic N) is 5. The van der Waals surface area contributed by atoms with Crippen molar-refractivity contribution in [3.63, 3.8) is 0 Å². The Morgan fingerprint density at radius 2 is 1.69 bits per heavy atom. The topological polar surface area (TPSA) is 101 Å². The van der Waals surface area contributed by atoms with E-state index in [4.69, 9.17) is 9.37 Å². The van der Waals surface area contributed by atoms with Crippen molar-refractivity contribution in [3.05, 3.63) is 0 Å². The van der Waals surface area contributed by atoms with E-state index in [9.17, 15) is 0 Å². The molecule has 3 heterocycles. The molecule has 140 valence electrons. The van der Waals surface area contributed by atoms with Crippen LogP contribution in [-0.4, -0.2) is 69.6 Å². The minimum atomic E-state index is 0.180. The highest BCUT2D eigenvalue weighted by Gasteiger charge is 2.40. The van der Waals surface area contributed by atoms with E-state index < -0.39 is 0 Å². The van der Waals surface area contributed by atoms with Crippen molar-refractivity contribution in [2.75, 3.05) is 43.5 Å². The summed E-state index contributed by atoms with van der Waals surface area (Å²) >= 11 is 0. The highest BCUT2D eigenvalue weighted by atomic mass is 16.6. The normalized spacial score (nSPS) is 23.4. The average Bonchev–Trinajstić information content (AvgIpc) is 3.18. The van der Waals surface area contributed by atoms with Crippen LogP contribution in [0, 0.1) is 0 Å². The van der Waals surface area contributed by atoms with Crippen molar-refractivity contribution in [3.8, 4) is 0 Å². The van der Waals surface area contributed by atoms with E-state index in [2.05, 4.69) is 35.8 Å². The van der Waals surface area contributed by atoms with Crippen LogP contribution in [0.3, 0.4) is 0 Å². The van der Waals surface area contributed by atoms with Crippen molar-refractivity contribution in [2.45, 2.75) is 50.1 Å². The number of nitrogens with one attached hydrogen (secondary N) is 2. The lowest BCUT2D eigenvalue weighted by atomic mass is 9.94. The van der Waals surface area contributed by atoms with Crippen LogP contribution < -0.4 is 10.6 Å². The summed E-state index contributed by atoms with van der Waals surface area (Å²) in [5.41, 5.74) is 1.07. The molecule has 3 aliphatic rings. The molecule has 0 aromatic carbocycles. The summed E-state index contributed by atoms with van der Waals surface area (Å²) in [5.74, 6) is 1.51. The Balaban J connectivity index is 1.38. The van der Waals surface area contributed by atoms with Gasteiger partial charge in [0.15, 0.2) is 11.6 Å². The summed E-state index contributed by atoms with van der Waals surface area (Å²) in [6.07, 6.45) is 7.34. The summed E-state index contributed by atoms with van der Waals surface area (Å²) in [4.78, 5) is 11.8. The zero-order valence-corrected chi connectivity index (χ0v) is 14.9. The first-order valence-corrected chi connectivity index (χ1v) is 9.66. The molecule has 5 rings (SSSR count). The molecule has 3 fully saturated rings. The standard InChI is InChI=1S/C17H25N7O2/c1-2-6-17(5-1,24-7-9-25-10-8-24)11-18-13-14(19-12-3-4-12)21-16-15(20-13)22-26-23-16/h12H,1-11H2,(H,18,20,22)(H,19,21,23). The van der Waals surface area contributed by atoms with Crippen LogP contribution in [0.15, 0.2) is 4.63 Å². The minimum Gasteiger partial charge on any atom is -0.379 e. The van der Waals surface area contributed by atoms with Crippen LogP contribution in [0.4, 0.5) is 11.6 Å². The number of morpholine rings is 1. The lowest BCUT2D eigenvalue weighted by molar-refractivity contribution is -0.0160. The van der Waals surface area contributed by atoms with E-state index in [0.717, 1.165) is 44.5 Å². The number of hydrogen-bond acceptors (Lipinski definition) is 9. The molecule has 0 atom stereocenters. The fourth-order valence-corrected chi connectivity index (χ4v) is 4.21. The van der Waals surface area contributed by atoms with E-state index in [1.807, 2.05) is 0 Å². The van der Waals surface area contributed by atoms with Crippen molar-refractivity contribution in [1.29, 1.82) is 0 Å². The van der Waals surface area contributed by atoms with Gasteiger partial charge in [0.1, 0.15) is 0 Å². The molecule has 9 heteroatoms. The maximum absolute atomic E-state index is 5.56. The Kier molecular flexibility index (Phi) is 4.12. The molecule has 0 amide bonds. The number of aromatic nitrogens is 4. The molecule has 26 heavy (non-hydrogen) atoms. The minimum absolute atomic E-state index is 0.180. The zero-order chi connectivity index (χ0) is 17.4. The van der Waals surface area contributed by atoms with Crippen LogP contribution in [0.2, 0.25) is 0 Å². The molecule has 2 aromatic rings. The van der Waals surface area contributed by atoms with Crippen molar-refractivity contribution in [2.24, 2.45) is 0 Å². The summed E-state index contributed by atoms with van der Waals surface area (Å²) in [7, 11) is 0. The Morgan fingerprint density at radius 3 is 2.38 bits per heavy atom. The van der Waals surface area contributed by atoms with Crippen LogP contribution in [0.5, 0.6) is 0 Å². The lowest BCUT2D eigenvalue weighted by Gasteiger charge is -2.43. The Labute approximate surface area is 151 Å². The van der Waals surface area contributed by atoms with Crippen LogP contribution in [-0.2, 0) is 4.74 Å². The summed E-state index contributed by atoms with van der Waals surface area (Å²) in [5, 5.41) is 14.7. The molecular formula is C17H25N7O2. The van der Waals surface area contributed by atoms with Gasteiger partial charge in [-0.15, -0.1) is 0 Å². The van der Waals surface area contributed by atoms with Gasteiger partial charge in [-0.3, -0.25) is 4.90 Å². The highest BCUT2D eigenvalue weighted by molar-refractivity contribution is 5.73. The molecule has 0 unspecified atom stereocenters. The number of anilines is 2. The fraction of sp³-hybridized carbons (Fsp3) is 0.765. The maximum atomic E-state index is 5.56. The van der Waals surface area contributed by atoms with Crippen LogP contribution in [0.1, 0.15) is 38.5 Å². The molecule has 1 saturated heterocycles. The number of hydrogen-bond donors (Lipinski definition) is 2. The monoisotopic (exact) mass is 359 g/mol. The second kappa shape index (κ2) is 6.62. The molecule has 2 saturated carbocycles. The molecule has 1 aliphatic heterocycles. The molecule has 2 aliphatic carbocycles. The van der Waals surface area contributed by atoms with Gasteiger partial charge in [-0.2, -0.15) is 0 Å². The van der Waals surface area contributed by atoms with E-state index in [-0.39, 0.29) is 5.54 Å². The van der Waals surface area contributed by atoms with Crippen LogP contribution in [0.25, 0.3) is 11.3 Å². The lowest BCUT2D eigenvalue weighted by Crippen LogP contribution is -2.55. The first-order chi connectivity index (χ1) is 12.8. The van der Waals surface area contributed by atoms with Crippen molar-refractivity contribution in [1.82, 2.24) is 25.2 Å². The van der Waals surface area contributed by atoms with Gasteiger partial charge in [-0.1, -0.05) is 12.8 Å². The molecular weight excluding hydrogens is 334 g/mol. The number of ether oxygens (including phenoxy) is 1. The first-order valence-electron chi connectivity index (χ1n) is 9.66. The molecule has 0 bridgehead atoms. The molecule has 2 aromatic heterocycles. The fourth-order valence-electron chi connectivity index (χ4n) is 4.21. The van der Waals surface area contributed by atoms with Gasteiger partial charge in [0.25, 0.3) is 0 Å². The Bertz CT molecular complexity index is 764.